The van der Waals surface area contributed by atoms with Gasteiger partial charge in [-0.3, -0.25) is 0 Å². The standard InChI is InChI=1S/C21H17BrO6/c1-2-9-26-21(25)19-16(13-10-11(22)7-8-14(13)23)17-18(28-19)12-5-3-4-6-15(12)27-20(17)24/h3-8,10,16,19,23H,2,9H2,1H3/t16-,19-/m1/s1. The third-order valence-corrected chi connectivity index (χ3v) is 5.16. The number of benzene rings is 2. The lowest BCUT2D eigenvalue weighted by Gasteiger charge is -2.19. The molecule has 1 aliphatic rings. The topological polar surface area (TPSA) is 86.0 Å². The van der Waals surface area contributed by atoms with Crippen molar-refractivity contribution in [1.82, 2.24) is 0 Å². The van der Waals surface area contributed by atoms with E-state index in [9.17, 15) is 14.7 Å². The van der Waals surface area contributed by atoms with Crippen LogP contribution in [0.25, 0.3) is 11.0 Å². The lowest BCUT2D eigenvalue weighted by molar-refractivity contribution is -0.151. The second kappa shape index (κ2) is 7.31. The molecule has 3 aromatic rings. The number of ether oxygens (including phenoxy) is 2. The molecule has 0 fully saturated rings. The molecule has 0 amide bonds. The van der Waals surface area contributed by atoms with Crippen LogP contribution < -0.4 is 10.4 Å². The van der Waals surface area contributed by atoms with E-state index in [0.717, 1.165) is 0 Å². The Morgan fingerprint density at radius 3 is 2.82 bits per heavy atom. The lowest BCUT2D eigenvalue weighted by Crippen LogP contribution is -2.32. The zero-order chi connectivity index (χ0) is 19.8. The molecule has 0 unspecified atom stereocenters. The predicted molar refractivity (Wildman–Crippen MR) is 106 cm³/mol. The van der Waals surface area contributed by atoms with Crippen molar-refractivity contribution >= 4 is 32.9 Å². The Morgan fingerprint density at radius 2 is 2.04 bits per heavy atom. The Bertz CT molecular complexity index is 1120. The average Bonchev–Trinajstić information content (AvgIpc) is 3.09. The van der Waals surface area contributed by atoms with Crippen molar-refractivity contribution in [2.75, 3.05) is 6.61 Å². The molecule has 1 N–H and O–H groups in total. The van der Waals surface area contributed by atoms with Crippen molar-refractivity contribution in [3.05, 3.63) is 68.5 Å². The predicted octanol–water partition coefficient (Wildman–Crippen LogP) is 4.11. The first-order chi connectivity index (χ1) is 13.5. The molecular formula is C21H17BrO6. The Morgan fingerprint density at radius 1 is 1.25 bits per heavy atom. The number of halogens is 1. The highest BCUT2D eigenvalue weighted by molar-refractivity contribution is 9.10. The zero-order valence-electron chi connectivity index (χ0n) is 15.0. The second-order valence-electron chi connectivity index (χ2n) is 6.52. The summed E-state index contributed by atoms with van der Waals surface area (Å²) in [5.74, 6) is -1.20. The second-order valence-corrected chi connectivity index (χ2v) is 7.43. The molecule has 144 valence electrons. The van der Waals surface area contributed by atoms with Gasteiger partial charge in [-0.25, -0.2) is 9.59 Å². The fraction of sp³-hybridized carbons (Fsp3) is 0.238. The SMILES string of the molecule is CCCOC(=O)[C@@H]1Oc2c(c(=O)oc3ccccc23)[C@H]1c1cc(Br)ccc1O. The molecule has 2 aromatic carbocycles. The Kier molecular flexibility index (Phi) is 4.85. The van der Waals surface area contributed by atoms with Crippen molar-refractivity contribution in [3.8, 4) is 11.5 Å². The average molecular weight is 445 g/mol. The highest BCUT2D eigenvalue weighted by Gasteiger charge is 2.46. The smallest absolute Gasteiger partial charge is 0.348 e. The van der Waals surface area contributed by atoms with Gasteiger partial charge in [-0.1, -0.05) is 35.0 Å². The van der Waals surface area contributed by atoms with E-state index in [2.05, 4.69) is 15.9 Å². The van der Waals surface area contributed by atoms with Crippen LogP contribution in [0.5, 0.6) is 11.5 Å². The van der Waals surface area contributed by atoms with E-state index in [4.69, 9.17) is 13.9 Å². The Hall–Kier alpha value is -2.80. The van der Waals surface area contributed by atoms with Crippen molar-refractivity contribution in [2.45, 2.75) is 25.4 Å². The van der Waals surface area contributed by atoms with E-state index in [-0.39, 0.29) is 23.7 Å². The number of esters is 1. The molecule has 0 spiro atoms. The third-order valence-electron chi connectivity index (χ3n) is 4.66. The maximum Gasteiger partial charge on any atom is 0.348 e. The molecular weight excluding hydrogens is 428 g/mol. The minimum absolute atomic E-state index is 0.0505. The quantitative estimate of drug-likeness (QED) is 0.481. The molecule has 7 heteroatoms. The van der Waals surface area contributed by atoms with Crippen molar-refractivity contribution in [3.63, 3.8) is 0 Å². The van der Waals surface area contributed by atoms with Gasteiger partial charge in [0, 0.05) is 10.0 Å². The molecule has 2 atom stereocenters. The van der Waals surface area contributed by atoms with Crippen LogP contribution in [0.2, 0.25) is 0 Å². The van der Waals surface area contributed by atoms with Crippen LogP contribution in [0.15, 0.2) is 56.1 Å². The van der Waals surface area contributed by atoms with Gasteiger partial charge in [-0.15, -0.1) is 0 Å². The molecule has 28 heavy (non-hydrogen) atoms. The summed E-state index contributed by atoms with van der Waals surface area (Å²) in [6, 6.07) is 11.8. The summed E-state index contributed by atoms with van der Waals surface area (Å²) in [7, 11) is 0. The molecule has 0 saturated heterocycles. The van der Waals surface area contributed by atoms with Crippen LogP contribution in [-0.4, -0.2) is 23.8 Å². The van der Waals surface area contributed by atoms with Gasteiger partial charge < -0.3 is 19.0 Å². The molecule has 1 aromatic heterocycles. The highest BCUT2D eigenvalue weighted by Crippen LogP contribution is 2.47. The third kappa shape index (κ3) is 3.05. The Labute approximate surface area is 168 Å². The van der Waals surface area contributed by atoms with E-state index < -0.39 is 23.6 Å². The monoisotopic (exact) mass is 444 g/mol. The van der Waals surface area contributed by atoms with Crippen LogP contribution in [-0.2, 0) is 9.53 Å². The van der Waals surface area contributed by atoms with Gasteiger partial charge >= 0.3 is 11.6 Å². The largest absolute Gasteiger partial charge is 0.508 e. The van der Waals surface area contributed by atoms with Gasteiger partial charge in [0.15, 0.2) is 0 Å². The summed E-state index contributed by atoms with van der Waals surface area (Å²) in [6.07, 6.45) is -0.445. The summed E-state index contributed by atoms with van der Waals surface area (Å²) in [4.78, 5) is 25.5. The number of fused-ring (bicyclic) bond motifs is 3. The van der Waals surface area contributed by atoms with Gasteiger partial charge in [0.25, 0.3) is 0 Å². The fourth-order valence-electron chi connectivity index (χ4n) is 3.44. The van der Waals surface area contributed by atoms with Crippen LogP contribution in [0.4, 0.5) is 0 Å². The summed E-state index contributed by atoms with van der Waals surface area (Å²) in [5.41, 5.74) is 0.342. The number of phenols is 1. The van der Waals surface area contributed by atoms with Crippen molar-refractivity contribution < 1.29 is 23.8 Å². The molecule has 0 bridgehead atoms. The summed E-state index contributed by atoms with van der Waals surface area (Å²) in [5, 5.41) is 11.0. The highest BCUT2D eigenvalue weighted by atomic mass is 79.9. The molecule has 1 aliphatic heterocycles. The number of carbonyl (C=O) groups is 1. The number of aromatic hydroxyl groups is 1. The normalized spacial score (nSPS) is 17.9. The fourth-order valence-corrected chi connectivity index (χ4v) is 3.82. The first kappa shape index (κ1) is 18.6. The number of carbonyl (C=O) groups excluding carboxylic acids is 1. The lowest BCUT2D eigenvalue weighted by atomic mass is 9.88. The summed E-state index contributed by atoms with van der Waals surface area (Å²) < 4.78 is 17.4. The van der Waals surface area contributed by atoms with Crippen LogP contribution in [0, 0.1) is 0 Å². The van der Waals surface area contributed by atoms with E-state index in [1.807, 2.05) is 6.92 Å². The van der Waals surface area contributed by atoms with E-state index in [1.165, 1.54) is 6.07 Å². The van der Waals surface area contributed by atoms with Gasteiger partial charge in [-0.05, 0) is 36.8 Å². The zero-order valence-corrected chi connectivity index (χ0v) is 16.6. The molecule has 0 radical (unpaired) electrons. The van der Waals surface area contributed by atoms with Gasteiger partial charge in [-0.2, -0.15) is 0 Å². The minimum Gasteiger partial charge on any atom is -0.508 e. The Balaban J connectivity index is 1.95. The molecule has 0 aliphatic carbocycles. The number of hydrogen-bond donors (Lipinski definition) is 1. The molecule has 6 nitrogen and oxygen atoms in total. The van der Waals surface area contributed by atoms with Gasteiger partial charge in [0.2, 0.25) is 6.10 Å². The van der Waals surface area contributed by atoms with Gasteiger partial charge in [0.05, 0.1) is 23.5 Å². The molecule has 2 heterocycles. The maximum absolute atomic E-state index is 12.8. The van der Waals surface area contributed by atoms with E-state index >= 15 is 0 Å². The van der Waals surface area contributed by atoms with Crippen LogP contribution in [0.1, 0.15) is 30.4 Å². The number of para-hydroxylation sites is 1. The molecule has 0 saturated carbocycles. The summed E-state index contributed by atoms with van der Waals surface area (Å²) in [6.45, 7) is 2.12. The first-order valence-corrected chi connectivity index (χ1v) is 9.68. The van der Waals surface area contributed by atoms with Crippen molar-refractivity contribution in [1.29, 1.82) is 0 Å². The maximum atomic E-state index is 12.8. The van der Waals surface area contributed by atoms with E-state index in [1.54, 1.807) is 36.4 Å². The van der Waals surface area contributed by atoms with Crippen LogP contribution in [0.3, 0.4) is 0 Å². The summed E-state index contributed by atoms with van der Waals surface area (Å²) >= 11 is 3.37. The number of phenolic OH excluding ortho intramolecular Hbond substituents is 1. The molecule has 4 rings (SSSR count). The minimum atomic E-state index is -1.10. The number of hydrogen-bond acceptors (Lipinski definition) is 6. The first-order valence-electron chi connectivity index (χ1n) is 8.88. The number of rotatable bonds is 4. The van der Waals surface area contributed by atoms with Gasteiger partial charge in [0.1, 0.15) is 17.1 Å². The van der Waals surface area contributed by atoms with Crippen LogP contribution >= 0.6 is 15.9 Å². The van der Waals surface area contributed by atoms with E-state index in [0.29, 0.717) is 27.4 Å². The van der Waals surface area contributed by atoms with Crippen molar-refractivity contribution in [2.24, 2.45) is 0 Å².